The predicted molar refractivity (Wildman–Crippen MR) is 87.2 cm³/mol. The molecule has 0 aliphatic heterocycles. The molecule has 0 spiro atoms. The third-order valence-corrected chi connectivity index (χ3v) is 4.24. The number of ether oxygens (including phenoxy) is 1. The number of aliphatic carboxylic acids is 1. The van der Waals surface area contributed by atoms with Crippen molar-refractivity contribution in [1.29, 1.82) is 0 Å². The molecule has 3 rings (SSSR count). The number of halogens is 1. The number of carbonyl (C=O) groups is 3. The van der Waals surface area contributed by atoms with Crippen LogP contribution >= 0.6 is 11.6 Å². The Bertz CT molecular complexity index is 873. The van der Waals surface area contributed by atoms with Crippen LogP contribution in [-0.4, -0.2) is 33.9 Å². The highest BCUT2D eigenvalue weighted by molar-refractivity contribution is 6.35. The van der Waals surface area contributed by atoms with Crippen LogP contribution in [0.3, 0.4) is 0 Å². The molecule has 25 heavy (non-hydrogen) atoms. The fourth-order valence-electron chi connectivity index (χ4n) is 2.69. The van der Waals surface area contributed by atoms with Crippen molar-refractivity contribution >= 4 is 40.4 Å². The molecule has 1 aromatic carbocycles. The quantitative estimate of drug-likeness (QED) is 0.620. The van der Waals surface area contributed by atoms with E-state index in [1.165, 1.54) is 6.07 Å². The minimum atomic E-state index is -1.11. The van der Waals surface area contributed by atoms with E-state index in [1.54, 1.807) is 13.0 Å². The van der Waals surface area contributed by atoms with Gasteiger partial charge in [-0.15, -0.1) is 0 Å². The summed E-state index contributed by atoms with van der Waals surface area (Å²) in [7, 11) is 0. The minimum absolute atomic E-state index is 0.237. The molecule has 1 radical (unpaired) electrons. The fraction of sp³-hybridized carbons (Fsp3) is 0.353. The van der Waals surface area contributed by atoms with E-state index in [-0.39, 0.29) is 12.2 Å². The highest BCUT2D eigenvalue weighted by Gasteiger charge is 2.49. The highest BCUT2D eigenvalue weighted by atomic mass is 35.5. The van der Waals surface area contributed by atoms with Gasteiger partial charge < -0.3 is 14.3 Å². The zero-order chi connectivity index (χ0) is 18.3. The zero-order valence-electron chi connectivity index (χ0n) is 13.3. The van der Waals surface area contributed by atoms with Gasteiger partial charge in [0.2, 0.25) is 0 Å². The van der Waals surface area contributed by atoms with Crippen molar-refractivity contribution in [3.63, 3.8) is 0 Å². The number of hydrogen-bond acceptors (Lipinski definition) is 6. The van der Waals surface area contributed by atoms with Crippen LogP contribution in [0.15, 0.2) is 16.5 Å². The van der Waals surface area contributed by atoms with Crippen LogP contribution in [0.5, 0.6) is 0 Å². The fourth-order valence-corrected chi connectivity index (χ4v) is 2.94. The number of carboxylic acids is 1. The molecule has 1 unspecified atom stereocenters. The molecule has 0 amide bonds. The number of aromatic nitrogens is 1. The first-order valence-corrected chi connectivity index (χ1v) is 8.00. The highest BCUT2D eigenvalue weighted by Crippen LogP contribution is 2.43. The van der Waals surface area contributed by atoms with Gasteiger partial charge in [-0.2, -0.15) is 0 Å². The number of aryl methyl sites for hydroxylation is 1. The summed E-state index contributed by atoms with van der Waals surface area (Å²) in [4.78, 5) is 39.2. The van der Waals surface area contributed by atoms with E-state index in [2.05, 4.69) is 11.9 Å². The zero-order valence-corrected chi connectivity index (χ0v) is 14.1. The molecule has 8 heteroatoms. The SMILES string of the molecule is [CH2]C(CC(=O)O)OC(=O)[C@H]1C[C@@H]1C(=O)c1cc(Cl)c2nc(C)oc2c1. The van der Waals surface area contributed by atoms with Gasteiger partial charge in [-0.25, -0.2) is 4.98 Å². The molecule has 1 heterocycles. The second kappa shape index (κ2) is 6.48. The van der Waals surface area contributed by atoms with Gasteiger partial charge in [-0.3, -0.25) is 14.4 Å². The lowest BCUT2D eigenvalue weighted by Gasteiger charge is -2.10. The Morgan fingerprint density at radius 1 is 1.44 bits per heavy atom. The van der Waals surface area contributed by atoms with Gasteiger partial charge in [-0.05, 0) is 25.5 Å². The number of hydrogen-bond donors (Lipinski definition) is 1. The molecule has 1 aliphatic carbocycles. The number of Topliss-reactive ketones (excluding diaryl/α,β-unsaturated/α-hetero) is 1. The molecule has 1 aliphatic rings. The van der Waals surface area contributed by atoms with Crippen molar-refractivity contribution in [2.24, 2.45) is 11.8 Å². The van der Waals surface area contributed by atoms with Crippen molar-refractivity contribution in [2.45, 2.75) is 25.9 Å². The molecule has 1 N–H and O–H groups in total. The lowest BCUT2D eigenvalue weighted by atomic mass is 10.1. The van der Waals surface area contributed by atoms with Crippen LogP contribution < -0.4 is 0 Å². The summed E-state index contributed by atoms with van der Waals surface area (Å²) in [5, 5.41) is 8.94. The van der Waals surface area contributed by atoms with Crippen LogP contribution in [0.1, 0.15) is 29.1 Å². The van der Waals surface area contributed by atoms with E-state index in [4.69, 9.17) is 25.9 Å². The lowest BCUT2D eigenvalue weighted by molar-refractivity contribution is -0.152. The second-order valence-electron chi connectivity index (χ2n) is 6.01. The first-order chi connectivity index (χ1) is 11.8. The minimum Gasteiger partial charge on any atom is -0.481 e. The van der Waals surface area contributed by atoms with Crippen molar-refractivity contribution in [3.05, 3.63) is 35.5 Å². The summed E-state index contributed by atoms with van der Waals surface area (Å²) in [6.45, 7) is 5.14. The number of ketones is 1. The number of carbonyl (C=O) groups excluding carboxylic acids is 2. The van der Waals surface area contributed by atoms with Gasteiger partial charge in [-0.1, -0.05) is 11.6 Å². The molecule has 131 valence electrons. The number of esters is 1. The van der Waals surface area contributed by atoms with Crippen molar-refractivity contribution in [3.8, 4) is 0 Å². The maximum atomic E-state index is 12.5. The Balaban J connectivity index is 1.69. The van der Waals surface area contributed by atoms with E-state index in [1.807, 2.05) is 0 Å². The van der Waals surface area contributed by atoms with Crippen LogP contribution in [0, 0.1) is 25.7 Å². The largest absolute Gasteiger partial charge is 0.481 e. The molecule has 2 aromatic rings. The summed E-state index contributed by atoms with van der Waals surface area (Å²) in [5.74, 6) is -2.62. The lowest BCUT2D eigenvalue weighted by Crippen LogP contribution is -2.21. The summed E-state index contributed by atoms with van der Waals surface area (Å²) in [6, 6.07) is 3.06. The number of rotatable bonds is 6. The third-order valence-electron chi connectivity index (χ3n) is 3.95. The monoisotopic (exact) mass is 364 g/mol. The first kappa shape index (κ1) is 17.4. The molecule has 7 nitrogen and oxygen atoms in total. The third kappa shape index (κ3) is 3.66. The van der Waals surface area contributed by atoms with Crippen LogP contribution in [0.25, 0.3) is 11.1 Å². The van der Waals surface area contributed by atoms with E-state index < -0.39 is 29.9 Å². The van der Waals surface area contributed by atoms with E-state index in [0.717, 1.165) is 0 Å². The molecular weight excluding hydrogens is 350 g/mol. The molecule has 1 aromatic heterocycles. The number of nitrogens with zero attached hydrogens (tertiary/aromatic N) is 1. The second-order valence-corrected chi connectivity index (χ2v) is 6.41. The Morgan fingerprint density at radius 2 is 2.16 bits per heavy atom. The maximum Gasteiger partial charge on any atom is 0.309 e. The average molecular weight is 365 g/mol. The van der Waals surface area contributed by atoms with Crippen LogP contribution in [0.4, 0.5) is 0 Å². The molecule has 0 bridgehead atoms. The van der Waals surface area contributed by atoms with E-state index in [0.29, 0.717) is 34.0 Å². The van der Waals surface area contributed by atoms with Gasteiger partial charge in [0, 0.05) is 18.4 Å². The Kier molecular flexibility index (Phi) is 4.51. The molecule has 3 atom stereocenters. The number of carboxylic acid groups (broad SMARTS) is 1. The molecule has 1 saturated carbocycles. The average Bonchev–Trinajstić information content (AvgIpc) is 3.21. The Hall–Kier alpha value is -2.41. The van der Waals surface area contributed by atoms with Crippen LogP contribution in [-0.2, 0) is 14.3 Å². The van der Waals surface area contributed by atoms with Crippen molar-refractivity contribution < 1.29 is 28.6 Å². The van der Waals surface area contributed by atoms with Gasteiger partial charge in [0.25, 0.3) is 0 Å². The van der Waals surface area contributed by atoms with Gasteiger partial charge in [0.05, 0.1) is 17.4 Å². The molecule has 0 saturated heterocycles. The maximum absolute atomic E-state index is 12.5. The standard InChI is InChI=1S/C17H15ClNO6/c1-7(3-14(20)21)24-17(23)11-6-10(11)16(22)9-4-12(18)15-13(5-9)25-8(2)19-15/h4-5,7,10-11H,1,3,6H2,2H3,(H,20,21)/t7?,10-,11-/m0/s1. The summed E-state index contributed by atoms with van der Waals surface area (Å²) >= 11 is 6.13. The summed E-state index contributed by atoms with van der Waals surface area (Å²) in [6.07, 6.45) is -1.01. The van der Waals surface area contributed by atoms with Crippen LogP contribution in [0.2, 0.25) is 5.02 Å². The van der Waals surface area contributed by atoms with E-state index >= 15 is 0 Å². The number of fused-ring (bicyclic) bond motifs is 1. The van der Waals surface area contributed by atoms with Crippen molar-refractivity contribution in [1.82, 2.24) is 4.98 Å². The number of oxazole rings is 1. The predicted octanol–water partition coefficient (Wildman–Crippen LogP) is 2.83. The van der Waals surface area contributed by atoms with E-state index in [9.17, 15) is 14.4 Å². The van der Waals surface area contributed by atoms with Crippen molar-refractivity contribution in [2.75, 3.05) is 0 Å². The molecule has 1 fully saturated rings. The summed E-state index contributed by atoms with van der Waals surface area (Å²) < 4.78 is 10.4. The topological polar surface area (TPSA) is 107 Å². The molecular formula is C17H15ClNO6. The normalized spacial score (nSPS) is 20.3. The smallest absolute Gasteiger partial charge is 0.309 e. The first-order valence-electron chi connectivity index (χ1n) is 7.62. The Labute approximate surface area is 147 Å². The van der Waals surface area contributed by atoms with Gasteiger partial charge >= 0.3 is 11.9 Å². The van der Waals surface area contributed by atoms with Gasteiger partial charge in [0.1, 0.15) is 11.6 Å². The Morgan fingerprint density at radius 3 is 2.84 bits per heavy atom. The number of benzene rings is 1. The summed E-state index contributed by atoms with van der Waals surface area (Å²) in [5.41, 5.74) is 1.23. The van der Waals surface area contributed by atoms with Gasteiger partial charge in [0.15, 0.2) is 17.3 Å².